The second kappa shape index (κ2) is 5.79. The Morgan fingerprint density at radius 2 is 2.33 bits per heavy atom. The SMILES string of the molecule is CCOC(C)c1noc([C@@H](O)CCN)n1. The molecule has 15 heavy (non-hydrogen) atoms. The molecule has 1 heterocycles. The molecule has 3 N–H and O–H groups in total. The molecule has 0 radical (unpaired) electrons. The van der Waals surface area contributed by atoms with Crippen LogP contribution in [0.4, 0.5) is 0 Å². The van der Waals surface area contributed by atoms with Crippen molar-refractivity contribution in [3.63, 3.8) is 0 Å². The predicted octanol–water partition coefficient (Wildman–Crippen LogP) is 0.549. The van der Waals surface area contributed by atoms with Crippen LogP contribution in [0.2, 0.25) is 0 Å². The Balaban J connectivity index is 2.62. The summed E-state index contributed by atoms with van der Waals surface area (Å²) < 4.78 is 10.2. The Hall–Kier alpha value is -0.980. The van der Waals surface area contributed by atoms with Gasteiger partial charge in [0.05, 0.1) is 0 Å². The van der Waals surface area contributed by atoms with Crippen LogP contribution in [0.25, 0.3) is 0 Å². The van der Waals surface area contributed by atoms with E-state index in [2.05, 4.69) is 10.1 Å². The summed E-state index contributed by atoms with van der Waals surface area (Å²) in [5.41, 5.74) is 5.31. The van der Waals surface area contributed by atoms with E-state index in [1.165, 1.54) is 0 Å². The average Bonchev–Trinajstić information content (AvgIpc) is 2.67. The molecule has 0 aromatic carbocycles. The lowest BCUT2D eigenvalue weighted by atomic mass is 10.2. The molecule has 0 spiro atoms. The minimum absolute atomic E-state index is 0.196. The van der Waals surface area contributed by atoms with E-state index in [0.717, 1.165) is 0 Å². The molecule has 6 heteroatoms. The highest BCUT2D eigenvalue weighted by Gasteiger charge is 2.18. The maximum Gasteiger partial charge on any atom is 0.255 e. The van der Waals surface area contributed by atoms with Crippen LogP contribution in [-0.2, 0) is 4.74 Å². The zero-order chi connectivity index (χ0) is 11.3. The molecular weight excluding hydrogens is 198 g/mol. The zero-order valence-corrected chi connectivity index (χ0v) is 9.01. The van der Waals surface area contributed by atoms with Crippen LogP contribution in [0, 0.1) is 0 Å². The van der Waals surface area contributed by atoms with Crippen LogP contribution in [-0.4, -0.2) is 28.4 Å². The number of aliphatic hydroxyl groups excluding tert-OH is 1. The quantitative estimate of drug-likeness (QED) is 0.719. The summed E-state index contributed by atoms with van der Waals surface area (Å²) in [6.45, 7) is 4.67. The summed E-state index contributed by atoms with van der Waals surface area (Å²) in [5.74, 6) is 0.643. The Kier molecular flexibility index (Phi) is 4.67. The number of nitrogens with zero attached hydrogens (tertiary/aromatic N) is 2. The lowest BCUT2D eigenvalue weighted by Gasteiger charge is -2.05. The molecular formula is C9H17N3O3. The first kappa shape index (κ1) is 12.1. The fourth-order valence-electron chi connectivity index (χ4n) is 1.15. The molecule has 0 aliphatic heterocycles. The van der Waals surface area contributed by atoms with Gasteiger partial charge in [-0.3, -0.25) is 0 Å². The highest BCUT2D eigenvalue weighted by Crippen LogP contribution is 2.18. The number of rotatable bonds is 6. The summed E-state index contributed by atoms with van der Waals surface area (Å²) in [6, 6.07) is 0. The molecule has 0 saturated heterocycles. The largest absolute Gasteiger partial charge is 0.383 e. The van der Waals surface area contributed by atoms with Crippen LogP contribution in [0.1, 0.15) is 44.2 Å². The van der Waals surface area contributed by atoms with Crippen molar-refractivity contribution in [1.82, 2.24) is 10.1 Å². The maximum absolute atomic E-state index is 9.53. The van der Waals surface area contributed by atoms with Gasteiger partial charge in [0, 0.05) is 6.61 Å². The van der Waals surface area contributed by atoms with Crippen LogP contribution in [0.3, 0.4) is 0 Å². The molecule has 6 nitrogen and oxygen atoms in total. The van der Waals surface area contributed by atoms with Crippen LogP contribution < -0.4 is 5.73 Å². The first-order valence-corrected chi connectivity index (χ1v) is 5.02. The van der Waals surface area contributed by atoms with Crippen LogP contribution >= 0.6 is 0 Å². The first-order valence-electron chi connectivity index (χ1n) is 5.02. The molecule has 0 aliphatic carbocycles. The number of hydrogen-bond donors (Lipinski definition) is 2. The number of ether oxygens (including phenoxy) is 1. The molecule has 2 atom stereocenters. The van der Waals surface area contributed by atoms with E-state index in [4.69, 9.17) is 15.0 Å². The molecule has 0 fully saturated rings. The van der Waals surface area contributed by atoms with Crippen molar-refractivity contribution in [2.24, 2.45) is 5.73 Å². The fraction of sp³-hybridized carbons (Fsp3) is 0.778. The normalized spacial score (nSPS) is 15.2. The summed E-state index contributed by atoms with van der Waals surface area (Å²) in [5, 5.41) is 13.3. The van der Waals surface area contributed by atoms with Gasteiger partial charge in [-0.05, 0) is 26.8 Å². The van der Waals surface area contributed by atoms with Gasteiger partial charge in [0.2, 0.25) is 0 Å². The molecule has 1 aromatic rings. The van der Waals surface area contributed by atoms with Gasteiger partial charge in [0.15, 0.2) is 5.82 Å². The molecule has 1 unspecified atom stereocenters. The Labute approximate surface area is 88.4 Å². The summed E-state index contributed by atoms with van der Waals surface area (Å²) in [6.07, 6.45) is -0.604. The average molecular weight is 215 g/mol. The Morgan fingerprint density at radius 3 is 2.93 bits per heavy atom. The van der Waals surface area contributed by atoms with Crippen molar-refractivity contribution in [1.29, 1.82) is 0 Å². The van der Waals surface area contributed by atoms with E-state index in [1.54, 1.807) is 0 Å². The highest BCUT2D eigenvalue weighted by atomic mass is 16.5. The molecule has 0 amide bonds. The predicted molar refractivity (Wildman–Crippen MR) is 53.0 cm³/mol. The van der Waals surface area contributed by atoms with Gasteiger partial charge in [-0.25, -0.2) is 0 Å². The van der Waals surface area contributed by atoms with E-state index in [-0.39, 0.29) is 12.0 Å². The van der Waals surface area contributed by atoms with Crippen molar-refractivity contribution in [2.75, 3.05) is 13.2 Å². The third-order valence-electron chi connectivity index (χ3n) is 1.96. The Morgan fingerprint density at radius 1 is 1.60 bits per heavy atom. The summed E-state index contributed by atoms with van der Waals surface area (Å²) >= 11 is 0. The van der Waals surface area contributed by atoms with Crippen LogP contribution in [0.15, 0.2) is 4.52 Å². The number of hydrogen-bond acceptors (Lipinski definition) is 6. The topological polar surface area (TPSA) is 94.4 Å². The third-order valence-corrected chi connectivity index (χ3v) is 1.96. The van der Waals surface area contributed by atoms with Gasteiger partial charge < -0.3 is 20.1 Å². The minimum Gasteiger partial charge on any atom is -0.383 e. The number of aromatic nitrogens is 2. The van der Waals surface area contributed by atoms with E-state index < -0.39 is 6.10 Å². The molecule has 1 aromatic heterocycles. The number of nitrogens with two attached hydrogens (primary N) is 1. The van der Waals surface area contributed by atoms with Gasteiger partial charge >= 0.3 is 0 Å². The minimum atomic E-state index is -0.787. The highest BCUT2D eigenvalue weighted by molar-refractivity contribution is 4.92. The second-order valence-corrected chi connectivity index (χ2v) is 3.18. The maximum atomic E-state index is 9.53. The van der Waals surface area contributed by atoms with Gasteiger partial charge in [-0.2, -0.15) is 4.98 Å². The molecule has 0 saturated carbocycles. The second-order valence-electron chi connectivity index (χ2n) is 3.18. The van der Waals surface area contributed by atoms with Crippen LogP contribution in [0.5, 0.6) is 0 Å². The lowest BCUT2D eigenvalue weighted by Crippen LogP contribution is -2.07. The molecule has 1 rings (SSSR count). The van der Waals surface area contributed by atoms with Gasteiger partial charge in [-0.1, -0.05) is 5.16 Å². The third kappa shape index (κ3) is 3.26. The van der Waals surface area contributed by atoms with E-state index in [9.17, 15) is 5.11 Å². The molecule has 0 bridgehead atoms. The molecule has 0 aliphatic rings. The van der Waals surface area contributed by atoms with E-state index >= 15 is 0 Å². The number of aliphatic hydroxyl groups is 1. The van der Waals surface area contributed by atoms with Crippen molar-refractivity contribution in [3.05, 3.63) is 11.7 Å². The molecule has 86 valence electrons. The van der Waals surface area contributed by atoms with E-state index in [0.29, 0.717) is 25.4 Å². The van der Waals surface area contributed by atoms with Gasteiger partial charge in [-0.15, -0.1) is 0 Å². The van der Waals surface area contributed by atoms with Gasteiger partial charge in [0.25, 0.3) is 5.89 Å². The lowest BCUT2D eigenvalue weighted by molar-refractivity contribution is 0.0682. The first-order chi connectivity index (χ1) is 7.19. The van der Waals surface area contributed by atoms with Crippen molar-refractivity contribution in [3.8, 4) is 0 Å². The summed E-state index contributed by atoms with van der Waals surface area (Å²) in [7, 11) is 0. The fourth-order valence-corrected chi connectivity index (χ4v) is 1.15. The van der Waals surface area contributed by atoms with Crippen molar-refractivity contribution < 1.29 is 14.4 Å². The van der Waals surface area contributed by atoms with Crippen molar-refractivity contribution >= 4 is 0 Å². The van der Waals surface area contributed by atoms with E-state index in [1.807, 2.05) is 13.8 Å². The van der Waals surface area contributed by atoms with Gasteiger partial charge in [0.1, 0.15) is 12.2 Å². The Bertz CT molecular complexity index is 263. The van der Waals surface area contributed by atoms with Crippen molar-refractivity contribution in [2.45, 2.75) is 32.5 Å². The zero-order valence-electron chi connectivity index (χ0n) is 9.01. The standard InChI is InChI=1S/C9H17N3O3/c1-3-14-6(2)8-11-9(15-12-8)7(13)4-5-10/h6-7,13H,3-5,10H2,1-2H3/t6?,7-/m0/s1. The monoisotopic (exact) mass is 215 g/mol. The summed E-state index contributed by atoms with van der Waals surface area (Å²) in [4.78, 5) is 4.04. The smallest absolute Gasteiger partial charge is 0.255 e.